The van der Waals surface area contributed by atoms with Crippen LogP contribution in [-0.4, -0.2) is 11.1 Å². The molecular formula is C16H12FNO3. The van der Waals surface area contributed by atoms with Crippen molar-refractivity contribution in [3.63, 3.8) is 0 Å². The molecule has 2 rings (SSSR count). The van der Waals surface area contributed by atoms with Gasteiger partial charge in [0.1, 0.15) is 24.2 Å². The standard InChI is InChI=1S/C16H12FNO3/c17-15-8-14(6-5-12(15)9-18)21-10-13-4-2-1-3-11(13)7-16(19)20/h1-6,8H,7,10H2,(H,19,20). The molecule has 0 atom stereocenters. The van der Waals surface area contributed by atoms with Crippen molar-refractivity contribution >= 4 is 5.97 Å². The number of aliphatic carboxylic acids is 1. The molecule has 2 aromatic carbocycles. The molecule has 0 unspecified atom stereocenters. The van der Waals surface area contributed by atoms with Gasteiger partial charge in [-0.3, -0.25) is 4.79 Å². The molecule has 0 radical (unpaired) electrons. The van der Waals surface area contributed by atoms with Crippen LogP contribution >= 0.6 is 0 Å². The summed E-state index contributed by atoms with van der Waals surface area (Å²) in [5.74, 6) is -1.28. The molecule has 0 aliphatic rings. The summed E-state index contributed by atoms with van der Waals surface area (Å²) in [5, 5.41) is 17.5. The monoisotopic (exact) mass is 285 g/mol. The van der Waals surface area contributed by atoms with Crippen LogP contribution in [0.25, 0.3) is 0 Å². The number of carboxylic acid groups (broad SMARTS) is 1. The highest BCUT2D eigenvalue weighted by atomic mass is 19.1. The van der Waals surface area contributed by atoms with Crippen LogP contribution in [0.2, 0.25) is 0 Å². The summed E-state index contributed by atoms with van der Waals surface area (Å²) in [6.45, 7) is 0.134. The van der Waals surface area contributed by atoms with Crippen molar-refractivity contribution in [2.45, 2.75) is 13.0 Å². The SMILES string of the molecule is N#Cc1ccc(OCc2ccccc2CC(=O)O)cc1F. The third kappa shape index (κ3) is 3.80. The van der Waals surface area contributed by atoms with E-state index >= 15 is 0 Å². The van der Waals surface area contributed by atoms with E-state index in [2.05, 4.69) is 0 Å². The normalized spacial score (nSPS) is 9.90. The van der Waals surface area contributed by atoms with Crippen molar-refractivity contribution in [2.75, 3.05) is 0 Å². The van der Waals surface area contributed by atoms with Crippen molar-refractivity contribution in [2.24, 2.45) is 0 Å². The van der Waals surface area contributed by atoms with Crippen molar-refractivity contribution < 1.29 is 19.0 Å². The molecule has 0 saturated carbocycles. The van der Waals surface area contributed by atoms with E-state index in [4.69, 9.17) is 15.1 Å². The summed E-state index contributed by atoms with van der Waals surface area (Å²) in [6, 6.07) is 12.7. The molecule has 21 heavy (non-hydrogen) atoms. The van der Waals surface area contributed by atoms with E-state index in [-0.39, 0.29) is 24.3 Å². The fraction of sp³-hybridized carbons (Fsp3) is 0.125. The van der Waals surface area contributed by atoms with E-state index in [1.165, 1.54) is 12.1 Å². The molecule has 0 saturated heterocycles. The Labute approximate surface area is 121 Å². The molecule has 0 aliphatic carbocycles. The predicted octanol–water partition coefficient (Wildman–Crippen LogP) is 2.90. The Bertz CT molecular complexity index is 707. The van der Waals surface area contributed by atoms with Gasteiger partial charge >= 0.3 is 5.97 Å². The molecule has 5 heteroatoms. The second-order valence-electron chi connectivity index (χ2n) is 4.38. The first-order valence-corrected chi connectivity index (χ1v) is 6.21. The van der Waals surface area contributed by atoms with Gasteiger partial charge in [0, 0.05) is 6.07 Å². The Hall–Kier alpha value is -2.87. The minimum absolute atomic E-state index is 0.0476. The number of hydrogen-bond donors (Lipinski definition) is 1. The molecule has 2 aromatic rings. The summed E-state index contributed by atoms with van der Waals surface area (Å²) >= 11 is 0. The van der Waals surface area contributed by atoms with Gasteiger partial charge in [0.25, 0.3) is 0 Å². The molecule has 0 aliphatic heterocycles. The van der Waals surface area contributed by atoms with E-state index in [0.29, 0.717) is 5.56 Å². The van der Waals surface area contributed by atoms with E-state index in [1.54, 1.807) is 30.3 Å². The maximum absolute atomic E-state index is 13.4. The molecule has 0 heterocycles. The highest BCUT2D eigenvalue weighted by molar-refractivity contribution is 5.70. The van der Waals surface area contributed by atoms with E-state index < -0.39 is 11.8 Å². The first-order chi connectivity index (χ1) is 10.1. The fourth-order valence-corrected chi connectivity index (χ4v) is 1.87. The van der Waals surface area contributed by atoms with E-state index in [0.717, 1.165) is 11.6 Å². The molecular weight excluding hydrogens is 273 g/mol. The minimum atomic E-state index is -0.924. The van der Waals surface area contributed by atoms with E-state index in [9.17, 15) is 9.18 Å². The van der Waals surface area contributed by atoms with Crippen LogP contribution in [0.1, 0.15) is 16.7 Å². The topological polar surface area (TPSA) is 70.3 Å². The molecule has 1 N–H and O–H groups in total. The van der Waals surface area contributed by atoms with Crippen LogP contribution in [0, 0.1) is 17.1 Å². The van der Waals surface area contributed by atoms with Crippen molar-refractivity contribution in [3.8, 4) is 11.8 Å². The third-order valence-electron chi connectivity index (χ3n) is 2.92. The van der Waals surface area contributed by atoms with Gasteiger partial charge in [-0.25, -0.2) is 4.39 Å². The average Bonchev–Trinajstić information content (AvgIpc) is 2.46. The lowest BCUT2D eigenvalue weighted by Gasteiger charge is -2.10. The smallest absolute Gasteiger partial charge is 0.307 e. The molecule has 0 bridgehead atoms. The number of rotatable bonds is 5. The zero-order valence-electron chi connectivity index (χ0n) is 11.0. The first kappa shape index (κ1) is 14.5. The van der Waals surface area contributed by atoms with Crippen LogP contribution < -0.4 is 4.74 Å². The molecule has 0 aromatic heterocycles. The maximum atomic E-state index is 13.4. The number of ether oxygens (including phenoxy) is 1. The lowest BCUT2D eigenvalue weighted by molar-refractivity contribution is -0.136. The molecule has 0 spiro atoms. The number of benzene rings is 2. The van der Waals surface area contributed by atoms with Gasteiger partial charge in [-0.2, -0.15) is 5.26 Å². The number of nitriles is 1. The Kier molecular flexibility index (Phi) is 4.52. The Morgan fingerprint density at radius 1 is 1.24 bits per heavy atom. The number of hydrogen-bond acceptors (Lipinski definition) is 3. The quantitative estimate of drug-likeness (QED) is 0.917. The summed E-state index contributed by atoms with van der Waals surface area (Å²) in [7, 11) is 0. The van der Waals surface area contributed by atoms with Gasteiger partial charge in [0.15, 0.2) is 0 Å². The lowest BCUT2D eigenvalue weighted by atomic mass is 10.1. The molecule has 106 valence electrons. The van der Waals surface area contributed by atoms with Gasteiger partial charge in [0.05, 0.1) is 12.0 Å². The zero-order chi connectivity index (χ0) is 15.2. The van der Waals surface area contributed by atoms with Crippen molar-refractivity contribution in [1.29, 1.82) is 5.26 Å². The number of carbonyl (C=O) groups is 1. The highest BCUT2D eigenvalue weighted by Crippen LogP contribution is 2.18. The minimum Gasteiger partial charge on any atom is -0.489 e. The van der Waals surface area contributed by atoms with Crippen LogP contribution in [0.5, 0.6) is 5.75 Å². The second kappa shape index (κ2) is 6.53. The van der Waals surface area contributed by atoms with Crippen LogP contribution in [0.15, 0.2) is 42.5 Å². The second-order valence-corrected chi connectivity index (χ2v) is 4.38. The molecule has 0 fully saturated rings. The number of carboxylic acids is 1. The van der Waals surface area contributed by atoms with Gasteiger partial charge in [0.2, 0.25) is 0 Å². The number of halogens is 1. The first-order valence-electron chi connectivity index (χ1n) is 6.21. The maximum Gasteiger partial charge on any atom is 0.307 e. The van der Waals surface area contributed by atoms with Gasteiger partial charge in [-0.1, -0.05) is 24.3 Å². The summed E-state index contributed by atoms with van der Waals surface area (Å²) in [6.07, 6.45) is -0.0960. The largest absolute Gasteiger partial charge is 0.489 e. The Morgan fingerprint density at radius 3 is 2.57 bits per heavy atom. The molecule has 4 nitrogen and oxygen atoms in total. The predicted molar refractivity (Wildman–Crippen MR) is 73.2 cm³/mol. The van der Waals surface area contributed by atoms with Crippen LogP contribution in [-0.2, 0) is 17.8 Å². The van der Waals surface area contributed by atoms with Crippen LogP contribution in [0.4, 0.5) is 4.39 Å². The van der Waals surface area contributed by atoms with Gasteiger partial charge in [-0.05, 0) is 23.3 Å². The Balaban J connectivity index is 2.11. The summed E-state index contributed by atoms with van der Waals surface area (Å²) < 4.78 is 18.9. The lowest BCUT2D eigenvalue weighted by Crippen LogP contribution is -2.06. The van der Waals surface area contributed by atoms with Crippen LogP contribution in [0.3, 0.4) is 0 Å². The molecule has 0 amide bonds. The highest BCUT2D eigenvalue weighted by Gasteiger charge is 2.08. The van der Waals surface area contributed by atoms with E-state index in [1.807, 2.05) is 0 Å². The zero-order valence-corrected chi connectivity index (χ0v) is 11.0. The van der Waals surface area contributed by atoms with Crippen molar-refractivity contribution in [1.82, 2.24) is 0 Å². The average molecular weight is 285 g/mol. The Morgan fingerprint density at radius 2 is 1.95 bits per heavy atom. The third-order valence-corrected chi connectivity index (χ3v) is 2.92. The fourth-order valence-electron chi connectivity index (χ4n) is 1.87. The van der Waals surface area contributed by atoms with Gasteiger partial charge < -0.3 is 9.84 Å². The van der Waals surface area contributed by atoms with Crippen molar-refractivity contribution in [3.05, 3.63) is 65.0 Å². The van der Waals surface area contributed by atoms with Gasteiger partial charge in [-0.15, -0.1) is 0 Å². The summed E-state index contributed by atoms with van der Waals surface area (Å²) in [5.41, 5.74) is 1.33. The number of nitrogens with zero attached hydrogens (tertiary/aromatic N) is 1. The summed E-state index contributed by atoms with van der Waals surface area (Å²) in [4.78, 5) is 10.8.